The molecule has 0 aliphatic carbocycles. The van der Waals surface area contributed by atoms with E-state index in [1.165, 1.54) is 0 Å². The predicted molar refractivity (Wildman–Crippen MR) is 54.5 cm³/mol. The van der Waals surface area contributed by atoms with Crippen LogP contribution in [0.25, 0.3) is 0 Å². The maximum Gasteiger partial charge on any atom is 0.438 e. The minimum atomic E-state index is -5.96. The lowest BCUT2D eigenvalue weighted by molar-refractivity contribution is -0.397. The van der Waals surface area contributed by atoms with Crippen molar-refractivity contribution in [1.82, 2.24) is 0 Å². The Bertz CT molecular complexity index is 405. The molecule has 0 radical (unpaired) electrons. The lowest BCUT2D eigenvalue weighted by atomic mass is 9.75. The molecule has 0 unspecified atom stereocenters. The van der Waals surface area contributed by atoms with Gasteiger partial charge in [0.15, 0.2) is 0 Å². The average molecular weight is 321 g/mol. The van der Waals surface area contributed by atoms with E-state index in [1.807, 2.05) is 0 Å². The molecule has 0 aliphatic rings. The van der Waals surface area contributed by atoms with Gasteiger partial charge in [-0.05, 0) is 6.08 Å². The van der Waals surface area contributed by atoms with Crippen LogP contribution < -0.4 is 5.11 Å². The van der Waals surface area contributed by atoms with Crippen molar-refractivity contribution in [3.63, 3.8) is 0 Å². The zero-order valence-corrected chi connectivity index (χ0v) is 11.1. The van der Waals surface area contributed by atoms with E-state index in [0.717, 1.165) is 0 Å². The Morgan fingerprint density at radius 1 is 0.905 bits per heavy atom. The first-order valence-corrected chi connectivity index (χ1v) is 5.32. The summed E-state index contributed by atoms with van der Waals surface area (Å²) in [4.78, 5) is 21.1. The van der Waals surface area contributed by atoms with Gasteiger partial charge in [-0.1, -0.05) is 20.8 Å². The van der Waals surface area contributed by atoms with E-state index in [4.69, 9.17) is 0 Å². The third kappa shape index (κ3) is 3.88. The second kappa shape index (κ2) is 5.57. The number of carbonyl (C=O) groups is 2. The first kappa shape index (κ1) is 19.3. The number of aliphatic carboxylic acids is 1. The monoisotopic (exact) mass is 321 g/mol. The number of ether oxygens (including phenoxy) is 1. The fourth-order valence-electron chi connectivity index (χ4n) is 1.60. The molecule has 0 saturated carbocycles. The zero-order chi connectivity index (χ0) is 17.3. The van der Waals surface area contributed by atoms with Gasteiger partial charge in [-0.15, -0.1) is 0 Å². The summed E-state index contributed by atoms with van der Waals surface area (Å²) in [6.07, 6.45) is -12.1. The van der Waals surface area contributed by atoms with Crippen LogP contribution in [0.5, 0.6) is 0 Å². The summed E-state index contributed by atoms with van der Waals surface area (Å²) in [7, 11) is 0. The molecular weight excluding hydrogens is 310 g/mol. The molecule has 21 heavy (non-hydrogen) atoms. The van der Waals surface area contributed by atoms with E-state index < -0.39 is 35.3 Å². The third-order valence-corrected chi connectivity index (χ3v) is 2.46. The molecule has 0 heterocycles. The standard InChI is InChI=1S/C11H12F6O4/c1-8(2,3)9(10(12,13)14,11(15,16)17)21-7(20)5-4-6(18)19/h4-5H,1-3H3,(H,18,19)/p-1. The second-order valence-corrected chi connectivity index (χ2v) is 5.00. The maximum absolute atomic E-state index is 13.0. The first-order valence-electron chi connectivity index (χ1n) is 5.32. The van der Waals surface area contributed by atoms with Crippen LogP contribution in [0.2, 0.25) is 0 Å². The predicted octanol–water partition coefficient (Wildman–Crippen LogP) is 1.75. The van der Waals surface area contributed by atoms with E-state index in [2.05, 4.69) is 4.74 Å². The second-order valence-electron chi connectivity index (χ2n) is 5.00. The first-order chi connectivity index (χ1) is 9.06. The number of alkyl halides is 6. The Hall–Kier alpha value is -1.74. The normalized spacial score (nSPS) is 14.3. The molecule has 0 aromatic carbocycles. The highest BCUT2D eigenvalue weighted by Crippen LogP contribution is 2.55. The number of rotatable bonds is 3. The highest BCUT2D eigenvalue weighted by molar-refractivity contribution is 5.90. The van der Waals surface area contributed by atoms with Crippen molar-refractivity contribution in [2.45, 2.75) is 38.7 Å². The summed E-state index contributed by atoms with van der Waals surface area (Å²) in [6, 6.07) is 0. The summed E-state index contributed by atoms with van der Waals surface area (Å²) >= 11 is 0. The molecule has 0 fully saturated rings. The highest BCUT2D eigenvalue weighted by Gasteiger charge is 2.79. The summed E-state index contributed by atoms with van der Waals surface area (Å²) in [5.74, 6) is -4.09. The van der Waals surface area contributed by atoms with Gasteiger partial charge in [0.1, 0.15) is 0 Å². The fourth-order valence-corrected chi connectivity index (χ4v) is 1.60. The summed E-state index contributed by atoms with van der Waals surface area (Å²) in [5.41, 5.74) is -7.38. The van der Waals surface area contributed by atoms with Crippen LogP contribution in [0.3, 0.4) is 0 Å². The molecule has 10 heteroatoms. The van der Waals surface area contributed by atoms with Crippen LogP contribution in [0.15, 0.2) is 12.2 Å². The topological polar surface area (TPSA) is 66.4 Å². The Morgan fingerprint density at radius 3 is 1.52 bits per heavy atom. The van der Waals surface area contributed by atoms with Crippen molar-refractivity contribution in [3.05, 3.63) is 12.2 Å². The van der Waals surface area contributed by atoms with Crippen molar-refractivity contribution in [3.8, 4) is 0 Å². The summed E-state index contributed by atoms with van der Waals surface area (Å²) in [5, 5.41) is 10.0. The molecule has 0 rings (SSSR count). The molecular formula is C11H11F6O4-. The van der Waals surface area contributed by atoms with Gasteiger partial charge in [0.2, 0.25) is 0 Å². The number of halogens is 6. The van der Waals surface area contributed by atoms with Crippen LogP contribution in [0.1, 0.15) is 20.8 Å². The van der Waals surface area contributed by atoms with Crippen LogP contribution in [0, 0.1) is 5.41 Å². The molecule has 0 bridgehead atoms. The third-order valence-electron chi connectivity index (χ3n) is 2.46. The molecule has 0 aromatic heterocycles. The van der Waals surface area contributed by atoms with Gasteiger partial charge in [-0.2, -0.15) is 26.3 Å². The van der Waals surface area contributed by atoms with E-state index in [9.17, 15) is 41.0 Å². The van der Waals surface area contributed by atoms with Gasteiger partial charge in [0.05, 0.1) is 5.97 Å². The largest absolute Gasteiger partial charge is 0.545 e. The highest BCUT2D eigenvalue weighted by atomic mass is 19.4. The minimum absolute atomic E-state index is 0.0392. The van der Waals surface area contributed by atoms with Crippen molar-refractivity contribution in [1.29, 1.82) is 0 Å². The Morgan fingerprint density at radius 2 is 1.29 bits per heavy atom. The van der Waals surface area contributed by atoms with E-state index in [1.54, 1.807) is 0 Å². The van der Waals surface area contributed by atoms with Gasteiger partial charge in [-0.3, -0.25) is 0 Å². The van der Waals surface area contributed by atoms with Gasteiger partial charge in [-0.25, -0.2) is 4.79 Å². The van der Waals surface area contributed by atoms with E-state index in [0.29, 0.717) is 20.8 Å². The van der Waals surface area contributed by atoms with Gasteiger partial charge < -0.3 is 14.6 Å². The molecule has 0 saturated heterocycles. The lowest BCUT2D eigenvalue weighted by Gasteiger charge is -2.44. The average Bonchev–Trinajstić information content (AvgIpc) is 2.17. The van der Waals surface area contributed by atoms with Gasteiger partial charge >= 0.3 is 23.9 Å². The van der Waals surface area contributed by atoms with Gasteiger partial charge in [0, 0.05) is 11.5 Å². The minimum Gasteiger partial charge on any atom is -0.545 e. The van der Waals surface area contributed by atoms with Crippen LogP contribution in [-0.4, -0.2) is 29.9 Å². The molecule has 0 N–H and O–H groups in total. The molecule has 0 spiro atoms. The Labute approximate surface area is 115 Å². The lowest BCUT2D eigenvalue weighted by Crippen LogP contribution is -2.66. The number of carboxylic acid groups (broad SMARTS) is 1. The molecule has 0 amide bonds. The van der Waals surface area contributed by atoms with Crippen molar-refractivity contribution in [2.75, 3.05) is 0 Å². The number of hydrogen-bond acceptors (Lipinski definition) is 4. The van der Waals surface area contributed by atoms with Crippen LogP contribution in [0.4, 0.5) is 26.3 Å². The Balaban J connectivity index is 5.96. The zero-order valence-electron chi connectivity index (χ0n) is 11.1. The quantitative estimate of drug-likeness (QED) is 0.451. The van der Waals surface area contributed by atoms with Crippen molar-refractivity contribution in [2.24, 2.45) is 5.41 Å². The summed E-state index contributed by atoms with van der Waals surface area (Å²) in [6.45, 7) is 1.76. The van der Waals surface area contributed by atoms with Crippen molar-refractivity contribution >= 4 is 11.9 Å². The molecule has 122 valence electrons. The van der Waals surface area contributed by atoms with Crippen LogP contribution in [-0.2, 0) is 14.3 Å². The summed E-state index contributed by atoms with van der Waals surface area (Å²) < 4.78 is 81.5. The number of esters is 1. The van der Waals surface area contributed by atoms with E-state index in [-0.39, 0.29) is 12.2 Å². The maximum atomic E-state index is 13.0. The van der Waals surface area contributed by atoms with Crippen molar-refractivity contribution < 1.29 is 45.8 Å². The number of carbonyl (C=O) groups excluding carboxylic acids is 2. The van der Waals surface area contributed by atoms with E-state index >= 15 is 0 Å². The van der Waals surface area contributed by atoms with Crippen LogP contribution >= 0.6 is 0 Å². The number of hydrogen-bond donors (Lipinski definition) is 0. The molecule has 4 nitrogen and oxygen atoms in total. The smallest absolute Gasteiger partial charge is 0.438 e. The molecule has 0 aliphatic heterocycles. The fraction of sp³-hybridized carbons (Fsp3) is 0.636. The van der Waals surface area contributed by atoms with Gasteiger partial charge in [0.25, 0.3) is 0 Å². The Kier molecular flexibility index (Phi) is 5.11. The SMILES string of the molecule is CC(C)(C)C(OC(=O)C=CC(=O)[O-])(C(F)(F)F)C(F)(F)F. The molecule has 0 atom stereocenters. The number of carboxylic acids is 1. The molecule has 0 aromatic rings.